The van der Waals surface area contributed by atoms with Gasteiger partial charge in [-0.2, -0.15) is 10.4 Å². The highest BCUT2D eigenvalue weighted by molar-refractivity contribution is 5.89. The Bertz CT molecular complexity index is 1170. The molecule has 1 saturated carbocycles. The number of anilines is 2. The first kappa shape index (κ1) is 20.8. The Morgan fingerprint density at radius 1 is 1.18 bits per heavy atom. The zero-order valence-electron chi connectivity index (χ0n) is 18.0. The lowest BCUT2D eigenvalue weighted by molar-refractivity contribution is 0.0148. The second kappa shape index (κ2) is 8.82. The van der Waals surface area contributed by atoms with Crippen LogP contribution in [0.5, 0.6) is 0 Å². The van der Waals surface area contributed by atoms with Gasteiger partial charge in [0.05, 0.1) is 12.2 Å². The molecule has 1 aliphatic carbocycles. The number of hydrogen-bond donors (Lipinski definition) is 1. The highest BCUT2D eigenvalue weighted by atomic mass is 16.6. The summed E-state index contributed by atoms with van der Waals surface area (Å²) in [4.78, 5) is 22.8. The van der Waals surface area contributed by atoms with Crippen LogP contribution in [0.2, 0.25) is 0 Å². The molecule has 0 atom stereocenters. The second-order valence-corrected chi connectivity index (χ2v) is 8.50. The van der Waals surface area contributed by atoms with Crippen molar-refractivity contribution in [2.24, 2.45) is 5.92 Å². The van der Waals surface area contributed by atoms with Crippen molar-refractivity contribution < 1.29 is 9.53 Å². The Morgan fingerprint density at radius 2 is 2.06 bits per heavy atom. The van der Waals surface area contributed by atoms with E-state index in [0.717, 1.165) is 49.3 Å². The summed E-state index contributed by atoms with van der Waals surface area (Å²) in [6.45, 7) is 1.33. The van der Waals surface area contributed by atoms with Crippen molar-refractivity contribution in [2.75, 3.05) is 23.3 Å². The van der Waals surface area contributed by atoms with Gasteiger partial charge in [-0.3, -0.25) is 4.90 Å². The molecular formula is C24H23N7O2. The zero-order chi connectivity index (χ0) is 22.7. The number of hydrogen-bond acceptors (Lipinski definition) is 8. The normalized spacial score (nSPS) is 22.1. The van der Waals surface area contributed by atoms with Gasteiger partial charge in [-0.05, 0) is 68.0 Å². The van der Waals surface area contributed by atoms with E-state index in [4.69, 9.17) is 10.00 Å². The van der Waals surface area contributed by atoms with E-state index in [1.807, 2.05) is 24.3 Å². The maximum absolute atomic E-state index is 12.4. The number of nitriles is 1. The minimum Gasteiger partial charge on any atom is -0.441 e. The first-order chi connectivity index (χ1) is 16.1. The van der Waals surface area contributed by atoms with Gasteiger partial charge in [0.2, 0.25) is 0 Å². The Morgan fingerprint density at radius 3 is 2.79 bits per heavy atom. The van der Waals surface area contributed by atoms with Crippen molar-refractivity contribution in [1.82, 2.24) is 20.2 Å². The van der Waals surface area contributed by atoms with Crippen LogP contribution in [0.15, 0.2) is 54.9 Å². The summed E-state index contributed by atoms with van der Waals surface area (Å²) in [6, 6.07) is 14.8. The first-order valence-electron chi connectivity index (χ1n) is 11.0. The van der Waals surface area contributed by atoms with Crippen molar-refractivity contribution in [1.29, 1.82) is 5.26 Å². The average molecular weight is 441 g/mol. The Hall–Kier alpha value is -4.06. The maximum Gasteiger partial charge on any atom is 0.416 e. The molecule has 0 unspecified atom stereocenters. The lowest BCUT2D eigenvalue weighted by Crippen LogP contribution is -2.39. The summed E-state index contributed by atoms with van der Waals surface area (Å²) in [5.41, 5.74) is 1.55. The highest BCUT2D eigenvalue weighted by Crippen LogP contribution is 2.40. The largest absolute Gasteiger partial charge is 0.441 e. The molecule has 1 amide bonds. The summed E-state index contributed by atoms with van der Waals surface area (Å²) in [5, 5.41) is 20.3. The topological polar surface area (TPSA) is 117 Å². The van der Waals surface area contributed by atoms with E-state index in [-0.39, 0.29) is 6.09 Å². The molecule has 3 aromatic heterocycles. The number of ether oxygens (including phenoxy) is 1. The van der Waals surface area contributed by atoms with Crippen LogP contribution < -0.4 is 10.2 Å². The van der Waals surface area contributed by atoms with E-state index in [1.54, 1.807) is 35.5 Å². The standard InChI is InChI=1S/C24H23N7O2/c25-13-19-3-1-4-20(29-19)18-6-7-21(27-15-18)26-14-17-8-10-24(11-9-17)16-31(23(32)33-24)22-5-2-12-28-30-22/h1-7,12,15,17H,8-11,14,16H2,(H,26,27)/t17-,24-. The molecule has 9 nitrogen and oxygen atoms in total. The molecule has 0 radical (unpaired) electrons. The number of carbonyl (C=O) groups excluding carboxylic acids is 1. The predicted molar refractivity (Wildman–Crippen MR) is 121 cm³/mol. The zero-order valence-corrected chi connectivity index (χ0v) is 18.0. The number of nitrogens with one attached hydrogen (secondary N) is 1. The minimum absolute atomic E-state index is 0.342. The number of amides is 1. The van der Waals surface area contributed by atoms with Gasteiger partial charge >= 0.3 is 6.09 Å². The molecule has 0 bridgehead atoms. The predicted octanol–water partition coefficient (Wildman–Crippen LogP) is 3.80. The molecule has 3 aromatic rings. The molecule has 2 fully saturated rings. The number of pyridine rings is 2. The molecule has 4 heterocycles. The fourth-order valence-electron chi connectivity index (χ4n) is 4.46. The van der Waals surface area contributed by atoms with Crippen molar-refractivity contribution in [3.05, 3.63) is 60.6 Å². The molecule has 2 aliphatic rings. The number of nitrogens with zero attached hydrogens (tertiary/aromatic N) is 6. The quantitative estimate of drug-likeness (QED) is 0.635. The fraction of sp³-hybridized carbons (Fsp3) is 0.333. The molecular weight excluding hydrogens is 418 g/mol. The van der Waals surface area contributed by atoms with Crippen LogP contribution in [0.1, 0.15) is 31.4 Å². The van der Waals surface area contributed by atoms with Crippen LogP contribution in [0, 0.1) is 17.2 Å². The molecule has 1 N–H and O–H groups in total. The summed E-state index contributed by atoms with van der Waals surface area (Å²) >= 11 is 0. The van der Waals surface area contributed by atoms with Crippen LogP contribution in [0.4, 0.5) is 16.4 Å². The van der Waals surface area contributed by atoms with Crippen LogP contribution in [0.3, 0.4) is 0 Å². The molecule has 33 heavy (non-hydrogen) atoms. The smallest absolute Gasteiger partial charge is 0.416 e. The van der Waals surface area contributed by atoms with Crippen molar-refractivity contribution >= 4 is 17.7 Å². The van der Waals surface area contributed by atoms with Gasteiger partial charge in [0.1, 0.15) is 23.2 Å². The van der Waals surface area contributed by atoms with E-state index in [9.17, 15) is 4.79 Å². The fourth-order valence-corrected chi connectivity index (χ4v) is 4.46. The summed E-state index contributed by atoms with van der Waals surface area (Å²) in [6.07, 6.45) is 6.61. The van der Waals surface area contributed by atoms with Gasteiger partial charge in [-0.25, -0.2) is 14.8 Å². The summed E-state index contributed by atoms with van der Waals surface area (Å²) < 4.78 is 5.80. The van der Waals surface area contributed by atoms with Crippen LogP contribution in [-0.2, 0) is 4.74 Å². The van der Waals surface area contributed by atoms with Gasteiger partial charge in [0.25, 0.3) is 0 Å². The third kappa shape index (κ3) is 4.46. The number of carbonyl (C=O) groups is 1. The molecule has 1 aliphatic heterocycles. The van der Waals surface area contributed by atoms with E-state index >= 15 is 0 Å². The van der Waals surface area contributed by atoms with Gasteiger partial charge in [-0.1, -0.05) is 6.07 Å². The molecule has 1 saturated heterocycles. The first-order valence-corrected chi connectivity index (χ1v) is 11.0. The Kier molecular flexibility index (Phi) is 5.57. The Balaban J connectivity index is 1.14. The highest BCUT2D eigenvalue weighted by Gasteiger charge is 2.48. The summed E-state index contributed by atoms with van der Waals surface area (Å²) in [5.74, 6) is 1.82. The minimum atomic E-state index is -0.435. The molecule has 1 spiro atoms. The van der Waals surface area contributed by atoms with Gasteiger partial charge < -0.3 is 10.1 Å². The van der Waals surface area contributed by atoms with Crippen LogP contribution >= 0.6 is 0 Å². The maximum atomic E-state index is 12.4. The second-order valence-electron chi connectivity index (χ2n) is 8.50. The van der Waals surface area contributed by atoms with E-state index in [2.05, 4.69) is 31.6 Å². The monoisotopic (exact) mass is 441 g/mol. The SMILES string of the molecule is N#Cc1cccc(-c2ccc(NC[C@H]3CC[C@]4(CC3)CN(c3cccnn3)C(=O)O4)nc2)n1. The lowest BCUT2D eigenvalue weighted by atomic mass is 9.78. The number of rotatable bonds is 5. The third-order valence-electron chi connectivity index (χ3n) is 6.32. The molecule has 0 aromatic carbocycles. The van der Waals surface area contributed by atoms with Gasteiger partial charge in [0.15, 0.2) is 5.82 Å². The van der Waals surface area contributed by atoms with Crippen molar-refractivity contribution in [3.63, 3.8) is 0 Å². The third-order valence-corrected chi connectivity index (χ3v) is 6.32. The molecule has 9 heteroatoms. The van der Waals surface area contributed by atoms with Crippen LogP contribution in [0.25, 0.3) is 11.3 Å². The Labute approximate surface area is 191 Å². The van der Waals surface area contributed by atoms with E-state index < -0.39 is 5.60 Å². The van der Waals surface area contributed by atoms with Crippen molar-refractivity contribution in [2.45, 2.75) is 31.3 Å². The summed E-state index contributed by atoms with van der Waals surface area (Å²) in [7, 11) is 0. The lowest BCUT2D eigenvalue weighted by Gasteiger charge is -2.35. The average Bonchev–Trinajstić information content (AvgIpc) is 3.20. The van der Waals surface area contributed by atoms with Crippen LogP contribution in [-0.4, -0.2) is 44.9 Å². The van der Waals surface area contributed by atoms with E-state index in [1.165, 1.54) is 0 Å². The van der Waals surface area contributed by atoms with Crippen molar-refractivity contribution in [3.8, 4) is 17.3 Å². The molecule has 5 rings (SSSR count). The number of aromatic nitrogens is 4. The van der Waals surface area contributed by atoms with Gasteiger partial charge in [-0.15, -0.1) is 5.10 Å². The van der Waals surface area contributed by atoms with E-state index in [0.29, 0.717) is 24.0 Å². The van der Waals surface area contributed by atoms with Gasteiger partial charge in [0, 0.05) is 24.5 Å². The molecule has 166 valence electrons.